The Hall–Kier alpha value is -2.73. The molecule has 0 saturated heterocycles. The molecule has 2 aromatic rings. The first-order valence-corrected chi connectivity index (χ1v) is 10.9. The summed E-state index contributed by atoms with van der Waals surface area (Å²) in [5.74, 6) is 1.33. The Balaban J connectivity index is 1.34. The summed E-state index contributed by atoms with van der Waals surface area (Å²) in [6.45, 7) is 0. The van der Waals surface area contributed by atoms with Crippen molar-refractivity contribution in [2.24, 2.45) is 5.92 Å². The van der Waals surface area contributed by atoms with E-state index in [1.807, 2.05) is 30.5 Å². The van der Waals surface area contributed by atoms with E-state index in [-0.39, 0.29) is 0 Å². The van der Waals surface area contributed by atoms with Crippen LogP contribution in [0.5, 0.6) is 0 Å². The number of carbonyl (C=O) groups is 1. The molecule has 148 valence electrons. The number of pyridine rings is 1. The zero-order valence-electron chi connectivity index (χ0n) is 16.9. The number of aromatic nitrogens is 1. The summed E-state index contributed by atoms with van der Waals surface area (Å²) in [4.78, 5) is 17.4. The van der Waals surface area contributed by atoms with Gasteiger partial charge in [0, 0.05) is 25.0 Å². The molecule has 4 rings (SSSR count). The van der Waals surface area contributed by atoms with E-state index in [9.17, 15) is 4.79 Å². The molecule has 0 spiro atoms. The minimum Gasteiger partial charge on any atom is -0.300 e. The maximum atomic E-state index is 12.6. The molecule has 2 aliphatic rings. The van der Waals surface area contributed by atoms with E-state index in [2.05, 4.69) is 24.3 Å². The van der Waals surface area contributed by atoms with Crippen LogP contribution < -0.4 is 0 Å². The third kappa shape index (κ3) is 4.82. The lowest BCUT2D eigenvalue weighted by Crippen LogP contribution is -2.19. The van der Waals surface area contributed by atoms with Gasteiger partial charge in [0.15, 0.2) is 0 Å². The van der Waals surface area contributed by atoms with Crippen LogP contribution >= 0.6 is 0 Å². The average Bonchev–Trinajstić information content (AvgIpc) is 2.78. The Morgan fingerprint density at radius 2 is 2.03 bits per heavy atom. The van der Waals surface area contributed by atoms with Crippen LogP contribution in [-0.2, 0) is 17.6 Å². The predicted octanol–water partition coefficient (Wildman–Crippen LogP) is 5.78. The molecule has 0 bridgehead atoms. The Labute approximate surface area is 173 Å². The fourth-order valence-electron chi connectivity index (χ4n) is 4.89. The molecule has 1 fully saturated rings. The van der Waals surface area contributed by atoms with Crippen LogP contribution in [0.15, 0.2) is 42.6 Å². The van der Waals surface area contributed by atoms with Crippen LogP contribution in [0.4, 0.5) is 0 Å². The van der Waals surface area contributed by atoms with Crippen molar-refractivity contribution in [2.75, 3.05) is 0 Å². The van der Waals surface area contributed by atoms with E-state index >= 15 is 0 Å². The third-order valence-electron chi connectivity index (χ3n) is 6.44. The number of hydrogen-bond acceptors (Lipinski definition) is 3. The molecular formula is C26H28N2O. The number of carbonyl (C=O) groups excluding carboxylic acids is 1. The molecule has 29 heavy (non-hydrogen) atoms. The number of ketones is 1. The van der Waals surface area contributed by atoms with Crippen LogP contribution in [0, 0.1) is 17.2 Å². The van der Waals surface area contributed by atoms with Crippen molar-refractivity contribution in [3.05, 3.63) is 70.6 Å². The average molecular weight is 385 g/mol. The van der Waals surface area contributed by atoms with Gasteiger partial charge in [0.1, 0.15) is 5.78 Å². The summed E-state index contributed by atoms with van der Waals surface area (Å²) in [5.41, 5.74) is 5.83. The Bertz CT molecular complexity index is 936. The molecule has 1 unspecified atom stereocenters. The summed E-state index contributed by atoms with van der Waals surface area (Å²) in [6, 6.07) is 11.9. The molecule has 1 aromatic heterocycles. The van der Waals surface area contributed by atoms with Crippen molar-refractivity contribution in [3.63, 3.8) is 0 Å². The summed E-state index contributed by atoms with van der Waals surface area (Å²) < 4.78 is 0. The lowest BCUT2D eigenvalue weighted by molar-refractivity contribution is -0.120. The number of allylic oxidation sites excluding steroid dienone is 1. The quantitative estimate of drug-likeness (QED) is 0.634. The van der Waals surface area contributed by atoms with Gasteiger partial charge >= 0.3 is 0 Å². The molecule has 0 N–H and O–H groups in total. The van der Waals surface area contributed by atoms with Crippen LogP contribution in [0.1, 0.15) is 78.8 Å². The van der Waals surface area contributed by atoms with Crippen LogP contribution in [0.3, 0.4) is 0 Å². The number of nitriles is 1. The lowest BCUT2D eigenvalue weighted by Gasteiger charge is -2.30. The zero-order valence-corrected chi connectivity index (χ0v) is 16.9. The summed E-state index contributed by atoms with van der Waals surface area (Å²) in [5, 5.41) is 8.89. The fraction of sp³-hybridized carbons (Fsp3) is 0.423. The normalized spacial score (nSPS) is 20.7. The van der Waals surface area contributed by atoms with Crippen molar-refractivity contribution >= 4 is 11.9 Å². The van der Waals surface area contributed by atoms with Crippen LogP contribution in [0.2, 0.25) is 0 Å². The minimum absolute atomic E-state index is 0.364. The van der Waals surface area contributed by atoms with Gasteiger partial charge < -0.3 is 0 Å². The van der Waals surface area contributed by atoms with Crippen molar-refractivity contribution in [1.82, 2.24) is 4.98 Å². The monoisotopic (exact) mass is 384 g/mol. The Morgan fingerprint density at radius 1 is 1.17 bits per heavy atom. The topological polar surface area (TPSA) is 53.8 Å². The highest BCUT2D eigenvalue weighted by Gasteiger charge is 2.27. The lowest BCUT2D eigenvalue weighted by atomic mass is 9.75. The van der Waals surface area contributed by atoms with Crippen molar-refractivity contribution < 1.29 is 4.79 Å². The van der Waals surface area contributed by atoms with Crippen molar-refractivity contribution in [2.45, 2.75) is 63.7 Å². The largest absolute Gasteiger partial charge is 0.300 e. The first-order chi connectivity index (χ1) is 14.2. The number of aryl methyl sites for hydroxylation is 2. The van der Waals surface area contributed by atoms with Gasteiger partial charge in [-0.2, -0.15) is 5.26 Å². The van der Waals surface area contributed by atoms with Gasteiger partial charge in [0.2, 0.25) is 0 Å². The van der Waals surface area contributed by atoms with Gasteiger partial charge in [-0.15, -0.1) is 0 Å². The molecule has 1 saturated carbocycles. The first kappa shape index (κ1) is 19.6. The number of nitrogens with zero attached hydrogens (tertiary/aromatic N) is 2. The second-order valence-electron chi connectivity index (χ2n) is 8.49. The Kier molecular flexibility index (Phi) is 6.20. The van der Waals surface area contributed by atoms with E-state index < -0.39 is 0 Å². The zero-order chi connectivity index (χ0) is 20.1. The smallest absolute Gasteiger partial charge is 0.133 e. The molecular weight excluding hydrogens is 356 g/mol. The molecule has 2 atom stereocenters. The minimum atomic E-state index is 0.364. The summed E-state index contributed by atoms with van der Waals surface area (Å²) in [6.07, 6.45) is 15.4. The van der Waals surface area contributed by atoms with E-state index in [0.29, 0.717) is 36.0 Å². The van der Waals surface area contributed by atoms with Crippen LogP contribution in [-0.4, -0.2) is 10.8 Å². The number of hydrogen-bond donors (Lipinski definition) is 0. The predicted molar refractivity (Wildman–Crippen MR) is 115 cm³/mol. The molecule has 1 heterocycles. The molecule has 2 aliphatic carbocycles. The van der Waals surface area contributed by atoms with Crippen molar-refractivity contribution in [3.8, 4) is 6.07 Å². The number of benzene rings is 1. The van der Waals surface area contributed by atoms with Gasteiger partial charge in [-0.3, -0.25) is 9.78 Å². The maximum Gasteiger partial charge on any atom is 0.133 e. The molecule has 0 radical (unpaired) electrons. The van der Waals surface area contributed by atoms with E-state index in [1.165, 1.54) is 29.7 Å². The van der Waals surface area contributed by atoms with Gasteiger partial charge in [-0.05, 0) is 79.3 Å². The maximum absolute atomic E-state index is 12.6. The van der Waals surface area contributed by atoms with Gasteiger partial charge in [-0.1, -0.05) is 30.7 Å². The second-order valence-corrected chi connectivity index (χ2v) is 8.49. The van der Waals surface area contributed by atoms with Gasteiger partial charge in [0.05, 0.1) is 17.3 Å². The third-order valence-corrected chi connectivity index (χ3v) is 6.44. The van der Waals surface area contributed by atoms with E-state index in [4.69, 9.17) is 10.2 Å². The van der Waals surface area contributed by atoms with E-state index in [1.54, 1.807) is 0 Å². The fourth-order valence-corrected chi connectivity index (χ4v) is 4.89. The SMILES string of the molecule is N#Cc1ccc(CCC(=O)C[C@@H]2CCCC(c3nccc4c3C=CCC4)C2)cc1. The number of Topliss-reactive ketones (excluding diaryl/α,β-unsaturated/α-hetero) is 1. The highest BCUT2D eigenvalue weighted by atomic mass is 16.1. The summed E-state index contributed by atoms with van der Waals surface area (Å²) in [7, 11) is 0. The van der Waals surface area contributed by atoms with E-state index in [0.717, 1.165) is 37.7 Å². The number of rotatable bonds is 6. The summed E-state index contributed by atoms with van der Waals surface area (Å²) >= 11 is 0. The van der Waals surface area contributed by atoms with Crippen molar-refractivity contribution in [1.29, 1.82) is 5.26 Å². The molecule has 3 nitrogen and oxygen atoms in total. The first-order valence-electron chi connectivity index (χ1n) is 10.9. The Morgan fingerprint density at radius 3 is 2.86 bits per heavy atom. The highest BCUT2D eigenvalue weighted by molar-refractivity contribution is 5.78. The second kappa shape index (κ2) is 9.18. The molecule has 0 aliphatic heterocycles. The van der Waals surface area contributed by atoms with Crippen LogP contribution in [0.25, 0.3) is 6.08 Å². The molecule has 3 heteroatoms. The highest BCUT2D eigenvalue weighted by Crippen LogP contribution is 2.39. The molecule has 1 aromatic carbocycles. The van der Waals surface area contributed by atoms with Gasteiger partial charge in [0.25, 0.3) is 0 Å². The molecule has 0 amide bonds. The standard InChI is InChI=1S/C26H28N2O/c27-18-20-10-8-19(9-11-20)12-13-24(29)17-21-4-3-6-23(16-21)26-25-7-2-1-5-22(25)14-15-28-26/h2,7-11,14-15,21,23H,1,3-6,12-13,16-17H2/t21-,23?/m1/s1. The van der Waals surface area contributed by atoms with Gasteiger partial charge in [-0.25, -0.2) is 0 Å². The number of fused-ring (bicyclic) bond motifs is 1.